The van der Waals surface area contributed by atoms with Crippen LogP contribution in [0.5, 0.6) is 5.75 Å². The number of carbonyl (C=O) groups is 2. The molecular formula is C27H34F3N3O5S. The fourth-order valence-electron chi connectivity index (χ4n) is 4.79. The SMILES string of the molecule is CC(C)N(C)[C@@H]1CC[C@H](NC(=O)CC(=O)Nc2cccc(OC(F)(F)F)c2)[C@H](CS(=O)(=O)c2ccccc2)C1. The molecule has 0 aromatic heterocycles. The van der Waals surface area contributed by atoms with Crippen LogP contribution in [0.3, 0.4) is 0 Å². The first-order valence-electron chi connectivity index (χ1n) is 12.7. The Kier molecular flexibility index (Phi) is 10.0. The lowest BCUT2D eigenvalue weighted by molar-refractivity contribution is -0.274. The number of hydrogen-bond donors (Lipinski definition) is 2. The van der Waals surface area contributed by atoms with E-state index in [4.69, 9.17) is 0 Å². The Morgan fingerprint density at radius 3 is 2.38 bits per heavy atom. The Labute approximate surface area is 226 Å². The van der Waals surface area contributed by atoms with Gasteiger partial charge in [0.25, 0.3) is 0 Å². The zero-order chi connectivity index (χ0) is 28.8. The summed E-state index contributed by atoms with van der Waals surface area (Å²) in [6.45, 7) is 4.13. The Balaban J connectivity index is 1.66. The molecule has 0 spiro atoms. The lowest BCUT2D eigenvalue weighted by atomic mass is 9.81. The molecule has 12 heteroatoms. The number of benzene rings is 2. The van der Waals surface area contributed by atoms with E-state index in [0.717, 1.165) is 18.6 Å². The fourth-order valence-corrected chi connectivity index (χ4v) is 6.49. The number of amides is 2. The highest BCUT2D eigenvalue weighted by atomic mass is 32.2. The summed E-state index contributed by atoms with van der Waals surface area (Å²) in [7, 11) is -1.62. The van der Waals surface area contributed by atoms with Crippen LogP contribution in [-0.2, 0) is 19.4 Å². The molecule has 0 saturated heterocycles. The molecule has 2 aromatic rings. The summed E-state index contributed by atoms with van der Waals surface area (Å²) >= 11 is 0. The van der Waals surface area contributed by atoms with Crippen molar-refractivity contribution >= 4 is 27.3 Å². The molecule has 1 fully saturated rings. The van der Waals surface area contributed by atoms with Gasteiger partial charge in [0.05, 0.1) is 10.6 Å². The van der Waals surface area contributed by atoms with Crippen LogP contribution in [-0.4, -0.2) is 62.4 Å². The minimum Gasteiger partial charge on any atom is -0.406 e. The second-order valence-corrected chi connectivity index (χ2v) is 12.1. The zero-order valence-corrected chi connectivity index (χ0v) is 22.9. The molecule has 1 aliphatic carbocycles. The second-order valence-electron chi connectivity index (χ2n) is 10.1. The maximum absolute atomic E-state index is 13.2. The normalized spacial score (nSPS) is 20.1. The molecular weight excluding hydrogens is 535 g/mol. The van der Waals surface area contributed by atoms with Gasteiger partial charge >= 0.3 is 6.36 Å². The van der Waals surface area contributed by atoms with Gasteiger partial charge in [-0.3, -0.25) is 9.59 Å². The minimum atomic E-state index is -4.88. The first-order chi connectivity index (χ1) is 18.2. The molecule has 1 saturated carbocycles. The molecule has 3 atom stereocenters. The molecule has 1 aliphatic rings. The van der Waals surface area contributed by atoms with E-state index in [1.54, 1.807) is 30.3 Å². The van der Waals surface area contributed by atoms with Crippen LogP contribution in [0.2, 0.25) is 0 Å². The summed E-state index contributed by atoms with van der Waals surface area (Å²) in [5.41, 5.74) is 0.0404. The molecule has 39 heavy (non-hydrogen) atoms. The molecule has 0 bridgehead atoms. The van der Waals surface area contributed by atoms with Crippen LogP contribution < -0.4 is 15.4 Å². The van der Waals surface area contributed by atoms with Crippen molar-refractivity contribution in [3.8, 4) is 5.75 Å². The predicted octanol–water partition coefficient (Wildman–Crippen LogP) is 4.38. The topological polar surface area (TPSA) is 105 Å². The van der Waals surface area contributed by atoms with Gasteiger partial charge in [-0.1, -0.05) is 24.3 Å². The molecule has 214 valence electrons. The van der Waals surface area contributed by atoms with E-state index in [0.29, 0.717) is 12.8 Å². The zero-order valence-electron chi connectivity index (χ0n) is 22.1. The Bertz CT molecular complexity index is 1240. The van der Waals surface area contributed by atoms with Crippen molar-refractivity contribution in [2.75, 3.05) is 18.1 Å². The van der Waals surface area contributed by atoms with E-state index in [-0.39, 0.29) is 34.3 Å². The summed E-state index contributed by atoms with van der Waals surface area (Å²) in [4.78, 5) is 27.6. The van der Waals surface area contributed by atoms with Crippen molar-refractivity contribution in [1.29, 1.82) is 0 Å². The number of anilines is 1. The summed E-state index contributed by atoms with van der Waals surface area (Å²) in [5, 5.41) is 5.23. The minimum absolute atomic E-state index is 0.0404. The van der Waals surface area contributed by atoms with Crippen molar-refractivity contribution in [2.24, 2.45) is 5.92 Å². The maximum Gasteiger partial charge on any atom is 0.573 e. The largest absolute Gasteiger partial charge is 0.573 e. The summed E-state index contributed by atoms with van der Waals surface area (Å²) in [5.74, 6) is -2.35. The van der Waals surface area contributed by atoms with Crippen LogP contribution >= 0.6 is 0 Å². The monoisotopic (exact) mass is 569 g/mol. The smallest absolute Gasteiger partial charge is 0.406 e. The van der Waals surface area contributed by atoms with E-state index in [9.17, 15) is 31.2 Å². The summed E-state index contributed by atoms with van der Waals surface area (Å²) < 4.78 is 67.6. The number of alkyl halides is 3. The van der Waals surface area contributed by atoms with Gasteiger partial charge in [0.2, 0.25) is 11.8 Å². The van der Waals surface area contributed by atoms with Crippen molar-refractivity contribution in [3.63, 3.8) is 0 Å². The average Bonchev–Trinajstić information content (AvgIpc) is 2.84. The summed E-state index contributed by atoms with van der Waals surface area (Å²) in [6.07, 6.45) is -3.60. The fraction of sp³-hybridized carbons (Fsp3) is 0.481. The molecule has 0 radical (unpaired) electrons. The maximum atomic E-state index is 13.2. The van der Waals surface area contributed by atoms with Gasteiger partial charge in [0, 0.05) is 29.9 Å². The van der Waals surface area contributed by atoms with Gasteiger partial charge in [-0.05, 0) is 70.3 Å². The first kappa shape index (κ1) is 30.4. The highest BCUT2D eigenvalue weighted by molar-refractivity contribution is 7.91. The van der Waals surface area contributed by atoms with E-state index in [1.807, 2.05) is 7.05 Å². The Morgan fingerprint density at radius 1 is 1.05 bits per heavy atom. The van der Waals surface area contributed by atoms with Gasteiger partial charge in [0.1, 0.15) is 12.2 Å². The molecule has 2 aromatic carbocycles. The molecule has 3 rings (SSSR count). The molecule has 0 unspecified atom stereocenters. The highest BCUT2D eigenvalue weighted by Gasteiger charge is 2.37. The quantitative estimate of drug-likeness (QED) is 0.412. The average molecular weight is 570 g/mol. The van der Waals surface area contributed by atoms with Crippen molar-refractivity contribution in [1.82, 2.24) is 10.2 Å². The number of ether oxygens (including phenoxy) is 1. The molecule has 2 amide bonds. The van der Waals surface area contributed by atoms with E-state index >= 15 is 0 Å². The van der Waals surface area contributed by atoms with Crippen LogP contribution in [0.15, 0.2) is 59.5 Å². The third-order valence-electron chi connectivity index (χ3n) is 6.90. The Morgan fingerprint density at radius 2 is 1.74 bits per heavy atom. The van der Waals surface area contributed by atoms with Gasteiger partial charge in [-0.25, -0.2) is 8.42 Å². The third kappa shape index (κ3) is 9.24. The lowest BCUT2D eigenvalue weighted by Crippen LogP contribution is -2.51. The van der Waals surface area contributed by atoms with Crippen LogP contribution in [0.25, 0.3) is 0 Å². The predicted molar refractivity (Wildman–Crippen MR) is 141 cm³/mol. The second kappa shape index (κ2) is 12.8. The lowest BCUT2D eigenvalue weighted by Gasteiger charge is -2.41. The number of hydrogen-bond acceptors (Lipinski definition) is 6. The van der Waals surface area contributed by atoms with Crippen LogP contribution in [0.4, 0.5) is 18.9 Å². The number of rotatable bonds is 10. The number of nitrogens with zero attached hydrogens (tertiary/aromatic N) is 1. The number of carbonyl (C=O) groups excluding carboxylic acids is 2. The van der Waals surface area contributed by atoms with E-state index in [1.165, 1.54) is 12.1 Å². The summed E-state index contributed by atoms with van der Waals surface area (Å²) in [6, 6.07) is 12.8. The van der Waals surface area contributed by atoms with Crippen molar-refractivity contribution in [3.05, 3.63) is 54.6 Å². The third-order valence-corrected chi connectivity index (χ3v) is 8.76. The van der Waals surface area contributed by atoms with E-state index in [2.05, 4.69) is 34.1 Å². The number of sulfone groups is 1. The Hall–Kier alpha value is -3.12. The van der Waals surface area contributed by atoms with Crippen molar-refractivity contribution < 1.29 is 35.9 Å². The van der Waals surface area contributed by atoms with Gasteiger partial charge in [-0.15, -0.1) is 13.2 Å². The van der Waals surface area contributed by atoms with Gasteiger partial charge < -0.3 is 20.3 Å². The standard InChI is InChI=1S/C27H34F3N3O5S/c1-18(2)33(3)21-12-13-24(19(14-21)17-39(36,37)23-10-5-4-6-11-23)32-26(35)16-25(34)31-20-8-7-9-22(15-20)38-27(28,29)30/h4-11,15,18-19,21,24H,12-14,16-17H2,1-3H3,(H,31,34)(H,32,35)/t19-,21+,24-/m0/s1. The van der Waals surface area contributed by atoms with Crippen LogP contribution in [0.1, 0.15) is 39.5 Å². The molecule has 8 nitrogen and oxygen atoms in total. The van der Waals surface area contributed by atoms with Crippen LogP contribution in [0, 0.1) is 5.92 Å². The molecule has 0 heterocycles. The number of nitrogens with one attached hydrogen (secondary N) is 2. The molecule has 0 aliphatic heterocycles. The molecule has 2 N–H and O–H groups in total. The van der Waals surface area contributed by atoms with Gasteiger partial charge in [0.15, 0.2) is 9.84 Å². The number of halogens is 3. The first-order valence-corrected chi connectivity index (χ1v) is 14.3. The van der Waals surface area contributed by atoms with Crippen molar-refractivity contribution in [2.45, 2.75) is 68.9 Å². The highest BCUT2D eigenvalue weighted by Crippen LogP contribution is 2.31. The van der Waals surface area contributed by atoms with Gasteiger partial charge in [-0.2, -0.15) is 0 Å². The van der Waals surface area contributed by atoms with E-state index < -0.39 is 46.2 Å².